The molecule has 0 aliphatic rings. The Morgan fingerprint density at radius 1 is 1.14 bits per heavy atom. The number of rotatable bonds is 7. The minimum absolute atomic E-state index is 0.645. The maximum Gasteiger partial charge on any atom is 0.335 e. The molecule has 1 unspecified atom stereocenters. The molecule has 0 heterocycles. The van der Waals surface area contributed by atoms with Crippen LogP contribution in [0.3, 0.4) is 0 Å². The van der Waals surface area contributed by atoms with E-state index in [-0.39, 0.29) is 0 Å². The molecule has 0 rings (SSSR count). The molecule has 5 heteroatoms. The summed E-state index contributed by atoms with van der Waals surface area (Å²) in [6.45, 7) is 11.7. The van der Waals surface area contributed by atoms with Gasteiger partial charge in [0.15, 0.2) is 0 Å². The van der Waals surface area contributed by atoms with Crippen molar-refractivity contribution in [2.75, 3.05) is 13.8 Å². The second-order valence-corrected chi connectivity index (χ2v) is 13.1. The molecule has 0 saturated heterocycles. The van der Waals surface area contributed by atoms with Crippen LogP contribution in [0.5, 0.6) is 0 Å². The smallest absolute Gasteiger partial charge is 0.335 e. The molecule has 0 aromatic heterocycles. The molecule has 0 radical (unpaired) electrons. The molecule has 86 valence electrons. The summed E-state index contributed by atoms with van der Waals surface area (Å²) < 4.78 is 11.3. The molecule has 0 saturated carbocycles. The third kappa shape index (κ3) is 6.72. The van der Waals surface area contributed by atoms with Gasteiger partial charge in [-0.3, -0.25) is 0 Å². The van der Waals surface area contributed by atoms with Crippen molar-refractivity contribution in [3.63, 3.8) is 0 Å². The topological polar surface area (TPSA) is 30.5 Å². The average molecular weight is 235 g/mol. The lowest BCUT2D eigenvalue weighted by Crippen LogP contribution is -2.47. The van der Waals surface area contributed by atoms with E-state index in [0.29, 0.717) is 6.73 Å². The van der Waals surface area contributed by atoms with Crippen molar-refractivity contribution in [2.24, 2.45) is 0 Å². The lowest BCUT2D eigenvalue weighted by Gasteiger charge is -2.27. The Hall–Kier alpha value is 0.314. The van der Waals surface area contributed by atoms with Gasteiger partial charge in [0.2, 0.25) is 0 Å². The highest BCUT2D eigenvalue weighted by molar-refractivity contribution is 6.73. The molecule has 14 heavy (non-hydrogen) atoms. The molecule has 0 spiro atoms. The Balaban J connectivity index is 3.84. The van der Waals surface area contributed by atoms with Gasteiger partial charge < -0.3 is 13.8 Å². The first kappa shape index (κ1) is 14.3. The van der Waals surface area contributed by atoms with Crippen LogP contribution in [0.4, 0.5) is 0 Å². The molecular formula is C9H25NO2Si2. The fourth-order valence-electron chi connectivity index (χ4n) is 1.09. The van der Waals surface area contributed by atoms with E-state index in [1.54, 1.807) is 7.11 Å². The monoisotopic (exact) mass is 235 g/mol. The summed E-state index contributed by atoms with van der Waals surface area (Å²) in [6.07, 6.45) is 1.13. The van der Waals surface area contributed by atoms with E-state index in [2.05, 4.69) is 38.1 Å². The fraction of sp³-hybridized carbons (Fsp3) is 1.00. The molecule has 0 fully saturated rings. The highest BCUT2D eigenvalue weighted by Gasteiger charge is 2.29. The van der Waals surface area contributed by atoms with Crippen LogP contribution in [0, 0.1) is 0 Å². The van der Waals surface area contributed by atoms with E-state index < -0.39 is 16.8 Å². The third-order valence-corrected chi connectivity index (χ3v) is 6.35. The van der Waals surface area contributed by atoms with Gasteiger partial charge in [0.05, 0.1) is 6.73 Å². The predicted molar refractivity (Wildman–Crippen MR) is 66.2 cm³/mol. The van der Waals surface area contributed by atoms with Crippen molar-refractivity contribution in [1.82, 2.24) is 4.98 Å². The van der Waals surface area contributed by atoms with Crippen molar-refractivity contribution in [1.29, 1.82) is 0 Å². The summed E-state index contributed by atoms with van der Waals surface area (Å²) in [5, 5.41) is 0. The minimum Gasteiger partial charge on any atom is -0.398 e. The van der Waals surface area contributed by atoms with Crippen molar-refractivity contribution in [3.8, 4) is 0 Å². The summed E-state index contributed by atoms with van der Waals surface area (Å²) in [5.74, 6) is 0. The van der Waals surface area contributed by atoms with Gasteiger partial charge in [0, 0.05) is 7.11 Å². The highest BCUT2D eigenvalue weighted by atomic mass is 28.4. The predicted octanol–water partition coefficient (Wildman–Crippen LogP) is 2.51. The zero-order valence-electron chi connectivity index (χ0n) is 10.4. The summed E-state index contributed by atoms with van der Waals surface area (Å²) in [5.41, 5.74) is 0. The molecule has 0 aliphatic heterocycles. The van der Waals surface area contributed by atoms with Crippen LogP contribution in [0.1, 0.15) is 13.3 Å². The zero-order valence-corrected chi connectivity index (χ0v) is 12.4. The van der Waals surface area contributed by atoms with Crippen LogP contribution < -0.4 is 4.98 Å². The Kier molecular flexibility index (Phi) is 6.15. The first-order valence-electron chi connectivity index (χ1n) is 5.27. The summed E-state index contributed by atoms with van der Waals surface area (Å²) >= 11 is 0. The normalized spacial score (nSPS) is 16.7. The van der Waals surface area contributed by atoms with Gasteiger partial charge in [-0.1, -0.05) is 33.0 Å². The average Bonchev–Trinajstić information content (AvgIpc) is 2.02. The van der Waals surface area contributed by atoms with Crippen LogP contribution >= 0.6 is 0 Å². The van der Waals surface area contributed by atoms with Gasteiger partial charge in [-0.25, -0.2) is 0 Å². The number of hydrogen-bond donors (Lipinski definition) is 1. The Morgan fingerprint density at radius 2 is 1.71 bits per heavy atom. The molecular weight excluding hydrogens is 210 g/mol. The zero-order chi connectivity index (χ0) is 11.2. The second kappa shape index (κ2) is 6.02. The first-order chi connectivity index (χ1) is 6.33. The molecule has 1 N–H and O–H groups in total. The van der Waals surface area contributed by atoms with Crippen LogP contribution in [0.2, 0.25) is 32.2 Å². The SMILES string of the molecule is CCC[Si](C)(OC)OCN[Si](C)(C)C. The Morgan fingerprint density at radius 3 is 2.07 bits per heavy atom. The maximum atomic E-state index is 5.84. The van der Waals surface area contributed by atoms with Gasteiger partial charge in [-0.05, 0) is 12.6 Å². The largest absolute Gasteiger partial charge is 0.398 e. The van der Waals surface area contributed by atoms with Crippen molar-refractivity contribution >= 4 is 16.8 Å². The van der Waals surface area contributed by atoms with Crippen molar-refractivity contribution in [2.45, 2.75) is 45.6 Å². The minimum atomic E-state index is -1.86. The van der Waals surface area contributed by atoms with E-state index in [1.165, 1.54) is 0 Å². The molecule has 0 aliphatic carbocycles. The van der Waals surface area contributed by atoms with Gasteiger partial charge in [0.25, 0.3) is 0 Å². The van der Waals surface area contributed by atoms with E-state index >= 15 is 0 Å². The van der Waals surface area contributed by atoms with E-state index in [1.807, 2.05) is 0 Å². The Labute approximate surface area is 90.5 Å². The second-order valence-electron chi connectivity index (χ2n) is 4.80. The van der Waals surface area contributed by atoms with E-state index in [9.17, 15) is 0 Å². The van der Waals surface area contributed by atoms with Crippen molar-refractivity contribution < 1.29 is 8.85 Å². The van der Waals surface area contributed by atoms with Crippen LogP contribution in [0.15, 0.2) is 0 Å². The summed E-state index contributed by atoms with van der Waals surface area (Å²) in [7, 11) is -1.30. The molecule has 0 bridgehead atoms. The quantitative estimate of drug-likeness (QED) is 0.543. The van der Waals surface area contributed by atoms with Crippen LogP contribution in [0.25, 0.3) is 0 Å². The van der Waals surface area contributed by atoms with Gasteiger partial charge in [0.1, 0.15) is 8.24 Å². The first-order valence-corrected chi connectivity index (χ1v) is 11.3. The third-order valence-electron chi connectivity index (χ3n) is 2.12. The standard InChI is InChI=1S/C9H25NO2Si2/c1-7-8-14(6,11-2)12-9-10-13(3,4)5/h10H,7-9H2,1-6H3. The maximum absolute atomic E-state index is 5.84. The lowest BCUT2D eigenvalue weighted by molar-refractivity contribution is 0.200. The Bertz CT molecular complexity index is 161. The van der Waals surface area contributed by atoms with Gasteiger partial charge in [-0.15, -0.1) is 0 Å². The van der Waals surface area contributed by atoms with E-state index in [0.717, 1.165) is 12.5 Å². The van der Waals surface area contributed by atoms with E-state index in [4.69, 9.17) is 8.85 Å². The molecule has 3 nitrogen and oxygen atoms in total. The fourth-order valence-corrected chi connectivity index (χ4v) is 3.49. The van der Waals surface area contributed by atoms with Crippen LogP contribution in [-0.2, 0) is 8.85 Å². The van der Waals surface area contributed by atoms with Gasteiger partial charge >= 0.3 is 8.56 Å². The molecule has 0 amide bonds. The lowest BCUT2D eigenvalue weighted by atomic mass is 10.6. The van der Waals surface area contributed by atoms with Crippen LogP contribution in [-0.4, -0.2) is 30.6 Å². The molecule has 1 atom stereocenters. The highest BCUT2D eigenvalue weighted by Crippen LogP contribution is 2.13. The summed E-state index contributed by atoms with van der Waals surface area (Å²) in [4.78, 5) is 3.44. The summed E-state index contributed by atoms with van der Waals surface area (Å²) in [6, 6.07) is 1.07. The number of nitrogens with one attached hydrogen (secondary N) is 1. The molecule has 0 aromatic rings. The molecule has 0 aromatic carbocycles. The van der Waals surface area contributed by atoms with Gasteiger partial charge in [-0.2, -0.15) is 0 Å². The van der Waals surface area contributed by atoms with Crippen molar-refractivity contribution in [3.05, 3.63) is 0 Å². The number of hydrogen-bond acceptors (Lipinski definition) is 3.